The average Bonchev–Trinajstić information content (AvgIpc) is 2.64. The summed E-state index contributed by atoms with van der Waals surface area (Å²) in [6.07, 6.45) is 0.904. The molecule has 0 aliphatic rings. The van der Waals surface area contributed by atoms with Gasteiger partial charge in [-0.15, -0.1) is 0 Å². The molecule has 2 aromatic carbocycles. The Morgan fingerprint density at radius 1 is 0.897 bits per heavy atom. The molecule has 0 radical (unpaired) electrons. The first-order valence-electron chi connectivity index (χ1n) is 7.89. The van der Waals surface area contributed by atoms with Crippen LogP contribution in [0.2, 0.25) is 0 Å². The number of nitrogens with one attached hydrogen (secondary N) is 2. The summed E-state index contributed by atoms with van der Waals surface area (Å²) in [5, 5.41) is 27.0. The van der Waals surface area contributed by atoms with Crippen LogP contribution in [0, 0.1) is 26.0 Å². The van der Waals surface area contributed by atoms with Crippen LogP contribution >= 0.6 is 0 Å². The number of hydrogen-bond acceptors (Lipinski definition) is 10. The van der Waals surface area contributed by atoms with Crippen LogP contribution in [0.5, 0.6) is 0 Å². The lowest BCUT2D eigenvalue weighted by atomic mass is 10.2. The number of nitrogens with zero attached hydrogens (tertiary/aromatic N) is 4. The van der Waals surface area contributed by atoms with E-state index in [-0.39, 0.29) is 40.2 Å². The van der Waals surface area contributed by atoms with E-state index in [1.54, 1.807) is 0 Å². The van der Waals surface area contributed by atoms with E-state index in [4.69, 9.17) is 11.5 Å². The van der Waals surface area contributed by atoms with E-state index in [1.165, 1.54) is 36.4 Å². The van der Waals surface area contributed by atoms with Gasteiger partial charge in [0.1, 0.15) is 11.4 Å². The SMILES string of the molecule is Nc1cc(Nc2ncc(F)c(Nc3ccc([N+](=O)[O-])c(N)c3)n2)ccc1[N+](=O)[O-]. The number of nitrogens with two attached hydrogens (primary N) is 2. The normalized spacial score (nSPS) is 10.4. The first kappa shape index (κ1) is 19.2. The lowest BCUT2D eigenvalue weighted by Gasteiger charge is -2.10. The molecule has 12 nitrogen and oxygen atoms in total. The lowest BCUT2D eigenvalue weighted by molar-refractivity contribution is -0.384. The van der Waals surface area contributed by atoms with Gasteiger partial charge in [0.15, 0.2) is 11.6 Å². The summed E-state index contributed by atoms with van der Waals surface area (Å²) in [6.45, 7) is 0. The van der Waals surface area contributed by atoms with E-state index in [0.29, 0.717) is 5.69 Å². The molecule has 1 aromatic heterocycles. The summed E-state index contributed by atoms with van der Waals surface area (Å²) in [7, 11) is 0. The quantitative estimate of drug-likeness (QED) is 0.272. The standard InChI is InChI=1S/C16H13FN8O4/c17-10-7-20-16(22-9-2-4-14(25(28)29)12(19)6-9)23-15(10)21-8-1-3-13(24(26)27)11(18)5-8/h1-7H,18-19H2,(H2,20,21,22,23). The number of hydrogen-bond donors (Lipinski definition) is 4. The Morgan fingerprint density at radius 2 is 1.41 bits per heavy atom. The highest BCUT2D eigenvalue weighted by atomic mass is 19.1. The monoisotopic (exact) mass is 400 g/mol. The van der Waals surface area contributed by atoms with Gasteiger partial charge in [-0.2, -0.15) is 4.98 Å². The molecule has 0 saturated heterocycles. The molecule has 13 heteroatoms. The molecular formula is C16H13FN8O4. The summed E-state index contributed by atoms with van der Waals surface area (Å²) < 4.78 is 14.1. The topological polar surface area (TPSA) is 188 Å². The Kier molecular flexibility index (Phi) is 5.03. The van der Waals surface area contributed by atoms with Crippen molar-refractivity contribution in [3.8, 4) is 0 Å². The van der Waals surface area contributed by atoms with Gasteiger partial charge < -0.3 is 22.1 Å². The van der Waals surface area contributed by atoms with Gasteiger partial charge in [-0.3, -0.25) is 20.2 Å². The van der Waals surface area contributed by atoms with E-state index < -0.39 is 15.7 Å². The average molecular weight is 400 g/mol. The molecule has 3 rings (SSSR count). The predicted molar refractivity (Wildman–Crippen MR) is 104 cm³/mol. The highest BCUT2D eigenvalue weighted by molar-refractivity contribution is 5.70. The Labute approximate surface area is 161 Å². The Bertz CT molecular complexity index is 1120. The van der Waals surface area contributed by atoms with Crippen molar-refractivity contribution in [2.75, 3.05) is 22.1 Å². The molecule has 1 heterocycles. The second kappa shape index (κ2) is 7.59. The molecule has 0 atom stereocenters. The second-order valence-electron chi connectivity index (χ2n) is 5.70. The zero-order valence-corrected chi connectivity index (χ0v) is 14.5. The first-order chi connectivity index (χ1) is 13.7. The van der Waals surface area contributed by atoms with E-state index in [9.17, 15) is 24.6 Å². The molecule has 0 spiro atoms. The van der Waals surface area contributed by atoms with Gasteiger partial charge >= 0.3 is 0 Å². The Balaban J connectivity index is 1.83. The molecule has 148 valence electrons. The Morgan fingerprint density at radius 3 is 1.90 bits per heavy atom. The minimum atomic E-state index is -0.782. The summed E-state index contributed by atoms with van der Waals surface area (Å²) in [6, 6.07) is 7.71. The molecule has 6 N–H and O–H groups in total. The molecule has 0 aliphatic heterocycles. The van der Waals surface area contributed by atoms with E-state index in [1.807, 2.05) is 0 Å². The maximum atomic E-state index is 14.1. The largest absolute Gasteiger partial charge is 0.393 e. The molecular weight excluding hydrogens is 387 g/mol. The lowest BCUT2D eigenvalue weighted by Crippen LogP contribution is -2.04. The molecule has 0 saturated carbocycles. The van der Waals surface area contributed by atoms with Gasteiger partial charge in [0.05, 0.1) is 16.0 Å². The summed E-state index contributed by atoms with van der Waals surface area (Å²) in [5.74, 6) is -1.02. The molecule has 29 heavy (non-hydrogen) atoms. The number of aromatic nitrogens is 2. The fourth-order valence-corrected chi connectivity index (χ4v) is 2.38. The molecule has 0 amide bonds. The van der Waals surface area contributed by atoms with Crippen molar-refractivity contribution in [2.24, 2.45) is 0 Å². The number of nitro benzene ring substituents is 2. The molecule has 0 aliphatic carbocycles. The van der Waals surface area contributed by atoms with Crippen LogP contribution in [0.3, 0.4) is 0 Å². The van der Waals surface area contributed by atoms with Gasteiger partial charge in [0.25, 0.3) is 11.4 Å². The fraction of sp³-hybridized carbons (Fsp3) is 0. The second-order valence-corrected chi connectivity index (χ2v) is 5.70. The van der Waals surface area contributed by atoms with Gasteiger partial charge in [-0.1, -0.05) is 0 Å². The highest BCUT2D eigenvalue weighted by Gasteiger charge is 2.14. The first-order valence-corrected chi connectivity index (χ1v) is 7.89. The highest BCUT2D eigenvalue weighted by Crippen LogP contribution is 2.28. The van der Waals surface area contributed by atoms with Gasteiger partial charge in [0, 0.05) is 23.5 Å². The molecule has 0 bridgehead atoms. The maximum Gasteiger partial charge on any atom is 0.292 e. The predicted octanol–water partition coefficient (Wildman–Crippen LogP) is 3.08. The van der Waals surface area contributed by atoms with Crippen LogP contribution in [-0.4, -0.2) is 19.8 Å². The minimum Gasteiger partial charge on any atom is -0.393 e. The fourth-order valence-electron chi connectivity index (χ4n) is 2.38. The molecule has 0 fully saturated rings. The zero-order valence-electron chi connectivity index (χ0n) is 14.5. The van der Waals surface area contributed by atoms with E-state index in [0.717, 1.165) is 6.20 Å². The van der Waals surface area contributed by atoms with Crippen molar-refractivity contribution in [1.29, 1.82) is 0 Å². The van der Waals surface area contributed by atoms with Crippen LogP contribution in [-0.2, 0) is 0 Å². The number of halogens is 1. The third kappa shape index (κ3) is 4.24. The van der Waals surface area contributed by atoms with Gasteiger partial charge in [-0.25, -0.2) is 9.37 Å². The van der Waals surface area contributed by atoms with Crippen molar-refractivity contribution < 1.29 is 14.2 Å². The van der Waals surface area contributed by atoms with Crippen LogP contribution in [0.25, 0.3) is 0 Å². The maximum absolute atomic E-state index is 14.1. The number of benzene rings is 2. The zero-order chi connectivity index (χ0) is 21.1. The molecule has 3 aromatic rings. The third-order valence-electron chi connectivity index (χ3n) is 3.71. The van der Waals surface area contributed by atoms with Crippen molar-refractivity contribution >= 4 is 45.9 Å². The number of nitro groups is 2. The third-order valence-corrected chi connectivity index (χ3v) is 3.71. The van der Waals surface area contributed by atoms with Crippen LogP contribution in [0.15, 0.2) is 42.6 Å². The van der Waals surface area contributed by atoms with E-state index >= 15 is 0 Å². The summed E-state index contributed by atoms with van der Waals surface area (Å²) in [5.41, 5.74) is 11.2. The van der Waals surface area contributed by atoms with Crippen molar-refractivity contribution in [3.63, 3.8) is 0 Å². The summed E-state index contributed by atoms with van der Waals surface area (Å²) in [4.78, 5) is 28.1. The smallest absolute Gasteiger partial charge is 0.292 e. The number of rotatable bonds is 6. The van der Waals surface area contributed by atoms with Crippen LogP contribution in [0.4, 0.5) is 50.3 Å². The molecule has 0 unspecified atom stereocenters. The van der Waals surface area contributed by atoms with E-state index in [2.05, 4.69) is 20.6 Å². The van der Waals surface area contributed by atoms with Crippen LogP contribution < -0.4 is 22.1 Å². The van der Waals surface area contributed by atoms with Crippen molar-refractivity contribution in [2.45, 2.75) is 0 Å². The minimum absolute atomic E-state index is 0.0166. The van der Waals surface area contributed by atoms with Gasteiger partial charge in [0.2, 0.25) is 5.95 Å². The number of nitrogen functional groups attached to an aromatic ring is 2. The number of anilines is 6. The van der Waals surface area contributed by atoms with Crippen molar-refractivity contribution in [1.82, 2.24) is 9.97 Å². The van der Waals surface area contributed by atoms with Crippen LogP contribution in [0.1, 0.15) is 0 Å². The van der Waals surface area contributed by atoms with Gasteiger partial charge in [-0.05, 0) is 24.3 Å². The summed E-state index contributed by atoms with van der Waals surface area (Å²) >= 11 is 0. The van der Waals surface area contributed by atoms with Crippen molar-refractivity contribution in [3.05, 3.63) is 68.6 Å². The Hall–Kier alpha value is -4.55.